The van der Waals surface area contributed by atoms with E-state index in [2.05, 4.69) is 5.32 Å². The summed E-state index contributed by atoms with van der Waals surface area (Å²) in [6.07, 6.45) is 0.827. The van der Waals surface area contributed by atoms with Gasteiger partial charge in [0.15, 0.2) is 18.2 Å². The van der Waals surface area contributed by atoms with Crippen LogP contribution in [0.3, 0.4) is 0 Å². The van der Waals surface area contributed by atoms with Gasteiger partial charge in [0.25, 0.3) is 5.91 Å². The highest BCUT2D eigenvalue weighted by molar-refractivity contribution is 6.30. The van der Waals surface area contributed by atoms with Crippen molar-refractivity contribution in [3.63, 3.8) is 0 Å². The van der Waals surface area contributed by atoms with Crippen molar-refractivity contribution in [3.8, 4) is 0 Å². The number of benzene rings is 3. The fourth-order valence-electron chi connectivity index (χ4n) is 3.59. The molecule has 154 valence electrons. The minimum atomic E-state index is -0.838. The Kier molecular flexibility index (Phi) is 5.45. The van der Waals surface area contributed by atoms with E-state index in [9.17, 15) is 19.2 Å². The number of nitrogens with one attached hydrogen (secondary N) is 1. The maximum absolute atomic E-state index is 13.0. The van der Waals surface area contributed by atoms with Crippen LogP contribution in [0.25, 0.3) is 0 Å². The van der Waals surface area contributed by atoms with Gasteiger partial charge in [0, 0.05) is 27.9 Å². The minimum absolute atomic E-state index is 0.00672. The SMILES string of the molecule is CCc1cccc(NC(=O)COC(=O)c2cccc3c2C(=O)c2ccccc2C3=O)c1. The van der Waals surface area contributed by atoms with Crippen molar-refractivity contribution >= 4 is 29.1 Å². The van der Waals surface area contributed by atoms with Crippen LogP contribution in [-0.2, 0) is 16.0 Å². The highest BCUT2D eigenvalue weighted by Crippen LogP contribution is 2.29. The van der Waals surface area contributed by atoms with Gasteiger partial charge in [-0.1, -0.05) is 55.5 Å². The highest BCUT2D eigenvalue weighted by atomic mass is 16.5. The first kappa shape index (κ1) is 20.2. The summed E-state index contributed by atoms with van der Waals surface area (Å²) >= 11 is 0. The number of amides is 1. The molecule has 0 radical (unpaired) electrons. The highest BCUT2D eigenvalue weighted by Gasteiger charge is 2.33. The molecule has 3 aromatic rings. The van der Waals surface area contributed by atoms with Crippen LogP contribution in [0.4, 0.5) is 5.69 Å². The zero-order valence-electron chi connectivity index (χ0n) is 16.8. The van der Waals surface area contributed by atoms with Gasteiger partial charge < -0.3 is 10.1 Å². The average molecular weight is 413 g/mol. The Bertz CT molecular complexity index is 1230. The Labute approximate surface area is 178 Å². The van der Waals surface area contributed by atoms with Gasteiger partial charge >= 0.3 is 5.97 Å². The number of aryl methyl sites for hydroxylation is 1. The Morgan fingerprint density at radius 3 is 2.26 bits per heavy atom. The van der Waals surface area contributed by atoms with Crippen LogP contribution in [0.1, 0.15) is 54.7 Å². The molecule has 1 N–H and O–H groups in total. The summed E-state index contributed by atoms with van der Waals surface area (Å²) in [5, 5.41) is 2.68. The first-order chi connectivity index (χ1) is 15.0. The molecule has 4 rings (SSSR count). The number of carbonyl (C=O) groups is 4. The summed E-state index contributed by atoms with van der Waals surface area (Å²) in [6, 6.07) is 18.3. The lowest BCUT2D eigenvalue weighted by Crippen LogP contribution is -2.26. The first-order valence-electron chi connectivity index (χ1n) is 9.87. The molecule has 6 heteroatoms. The zero-order chi connectivity index (χ0) is 22.0. The third-order valence-electron chi connectivity index (χ3n) is 5.13. The number of hydrogen-bond acceptors (Lipinski definition) is 5. The summed E-state index contributed by atoms with van der Waals surface area (Å²) in [5.74, 6) is -2.08. The number of ketones is 2. The number of ether oxygens (including phenoxy) is 1. The third-order valence-corrected chi connectivity index (χ3v) is 5.13. The number of anilines is 1. The predicted octanol–water partition coefficient (Wildman–Crippen LogP) is 3.82. The van der Waals surface area contributed by atoms with Crippen LogP contribution in [0.15, 0.2) is 66.7 Å². The van der Waals surface area contributed by atoms with Gasteiger partial charge in [-0.15, -0.1) is 0 Å². The largest absolute Gasteiger partial charge is 0.452 e. The van der Waals surface area contributed by atoms with Crippen molar-refractivity contribution < 1.29 is 23.9 Å². The summed E-state index contributed by atoms with van der Waals surface area (Å²) in [6.45, 7) is 1.49. The summed E-state index contributed by atoms with van der Waals surface area (Å²) in [4.78, 5) is 50.6. The quantitative estimate of drug-likeness (QED) is 0.503. The van der Waals surface area contributed by atoms with Crippen molar-refractivity contribution in [3.05, 3.63) is 100 Å². The van der Waals surface area contributed by atoms with Crippen molar-refractivity contribution in [2.75, 3.05) is 11.9 Å². The topological polar surface area (TPSA) is 89.5 Å². The van der Waals surface area contributed by atoms with E-state index in [-0.39, 0.29) is 28.0 Å². The maximum atomic E-state index is 13.0. The van der Waals surface area contributed by atoms with Crippen molar-refractivity contribution in [2.45, 2.75) is 13.3 Å². The molecule has 1 aliphatic carbocycles. The van der Waals surface area contributed by atoms with Crippen molar-refractivity contribution in [1.29, 1.82) is 0 Å². The van der Waals surface area contributed by atoms with E-state index in [0.29, 0.717) is 11.3 Å². The molecule has 0 fully saturated rings. The van der Waals surface area contributed by atoms with Gasteiger partial charge in [-0.05, 0) is 30.2 Å². The van der Waals surface area contributed by atoms with E-state index in [1.807, 2.05) is 25.1 Å². The van der Waals surface area contributed by atoms with Crippen molar-refractivity contribution in [2.24, 2.45) is 0 Å². The smallest absolute Gasteiger partial charge is 0.339 e. The normalized spacial score (nSPS) is 12.0. The lowest BCUT2D eigenvalue weighted by Gasteiger charge is -2.19. The molecular formula is C25H19NO5. The molecule has 1 aliphatic rings. The molecule has 0 unspecified atom stereocenters. The summed E-state index contributed by atoms with van der Waals surface area (Å²) in [5.41, 5.74) is 2.34. The van der Waals surface area contributed by atoms with Gasteiger partial charge in [0.2, 0.25) is 0 Å². The van der Waals surface area contributed by atoms with Crippen LogP contribution in [0, 0.1) is 0 Å². The number of rotatable bonds is 5. The summed E-state index contributed by atoms with van der Waals surface area (Å²) in [7, 11) is 0. The van der Waals surface area contributed by atoms with Gasteiger partial charge in [0.05, 0.1) is 5.56 Å². The van der Waals surface area contributed by atoms with Crippen molar-refractivity contribution in [1.82, 2.24) is 0 Å². The molecule has 3 aromatic carbocycles. The Morgan fingerprint density at radius 1 is 0.839 bits per heavy atom. The molecule has 0 aromatic heterocycles. The second-order valence-electron chi connectivity index (χ2n) is 7.11. The molecule has 0 saturated carbocycles. The molecule has 1 amide bonds. The van der Waals surface area contributed by atoms with Crippen LogP contribution in [0.2, 0.25) is 0 Å². The molecule has 0 spiro atoms. The van der Waals surface area contributed by atoms with E-state index >= 15 is 0 Å². The average Bonchev–Trinajstić information content (AvgIpc) is 2.80. The first-order valence-corrected chi connectivity index (χ1v) is 9.87. The Hall–Kier alpha value is -4.06. The molecule has 0 heterocycles. The van der Waals surface area contributed by atoms with Crippen LogP contribution in [0.5, 0.6) is 0 Å². The van der Waals surface area contributed by atoms with E-state index in [1.54, 1.807) is 30.3 Å². The monoisotopic (exact) mass is 413 g/mol. The fourth-order valence-corrected chi connectivity index (χ4v) is 3.59. The number of esters is 1. The zero-order valence-corrected chi connectivity index (χ0v) is 16.8. The standard InChI is InChI=1S/C25H19NO5/c1-2-15-7-5-8-16(13-15)26-21(27)14-31-25(30)20-12-6-11-19-22(20)24(29)18-10-4-3-9-17(18)23(19)28/h3-13H,2,14H2,1H3,(H,26,27). The van der Waals surface area contributed by atoms with Crippen LogP contribution in [-0.4, -0.2) is 30.0 Å². The molecule has 0 bridgehead atoms. The Balaban J connectivity index is 1.52. The minimum Gasteiger partial charge on any atom is -0.452 e. The van der Waals surface area contributed by atoms with E-state index < -0.39 is 24.3 Å². The number of fused-ring (bicyclic) bond motifs is 2. The molecule has 0 atom stereocenters. The second-order valence-corrected chi connectivity index (χ2v) is 7.11. The van der Waals surface area contributed by atoms with E-state index in [1.165, 1.54) is 18.2 Å². The lowest BCUT2D eigenvalue weighted by atomic mass is 9.82. The van der Waals surface area contributed by atoms with E-state index in [0.717, 1.165) is 12.0 Å². The lowest BCUT2D eigenvalue weighted by molar-refractivity contribution is -0.119. The van der Waals surface area contributed by atoms with Gasteiger partial charge in [0.1, 0.15) is 0 Å². The van der Waals surface area contributed by atoms with E-state index in [4.69, 9.17) is 4.74 Å². The number of hydrogen-bond donors (Lipinski definition) is 1. The predicted molar refractivity (Wildman–Crippen MR) is 114 cm³/mol. The number of carbonyl (C=O) groups excluding carboxylic acids is 4. The van der Waals surface area contributed by atoms with Crippen LogP contribution >= 0.6 is 0 Å². The fraction of sp³-hybridized carbons (Fsp3) is 0.120. The molecule has 6 nitrogen and oxygen atoms in total. The molecule has 0 aliphatic heterocycles. The molecular weight excluding hydrogens is 394 g/mol. The third kappa shape index (κ3) is 3.88. The van der Waals surface area contributed by atoms with Crippen LogP contribution < -0.4 is 5.32 Å². The van der Waals surface area contributed by atoms with Gasteiger partial charge in [-0.2, -0.15) is 0 Å². The Morgan fingerprint density at radius 2 is 1.52 bits per heavy atom. The molecule has 31 heavy (non-hydrogen) atoms. The summed E-state index contributed by atoms with van der Waals surface area (Å²) < 4.78 is 5.14. The van der Waals surface area contributed by atoms with Gasteiger partial charge in [-0.3, -0.25) is 14.4 Å². The van der Waals surface area contributed by atoms with Gasteiger partial charge in [-0.25, -0.2) is 4.79 Å². The second kappa shape index (κ2) is 8.36. The maximum Gasteiger partial charge on any atom is 0.339 e. The molecule has 0 saturated heterocycles.